The van der Waals surface area contributed by atoms with Crippen LogP contribution in [-0.4, -0.2) is 24.7 Å². The molecule has 0 unspecified atom stereocenters. The van der Waals surface area contributed by atoms with E-state index in [1.807, 2.05) is 13.8 Å². The van der Waals surface area contributed by atoms with Gasteiger partial charge in [-0.2, -0.15) is 0 Å². The molecule has 0 saturated carbocycles. The first kappa shape index (κ1) is 9.52. The van der Waals surface area contributed by atoms with E-state index in [1.54, 1.807) is 0 Å². The molecule has 0 aliphatic carbocycles. The van der Waals surface area contributed by atoms with Crippen LogP contribution in [0.5, 0.6) is 0 Å². The van der Waals surface area contributed by atoms with Crippen LogP contribution in [0.2, 0.25) is 0 Å². The number of amides is 1. The summed E-state index contributed by atoms with van der Waals surface area (Å²) in [6.45, 7) is 4.92. The molecule has 1 amide bonds. The molecule has 0 atom stereocenters. The van der Waals surface area contributed by atoms with Crippen molar-refractivity contribution in [3.63, 3.8) is 0 Å². The highest BCUT2D eigenvalue weighted by atomic mass is 16.5. The van der Waals surface area contributed by atoms with Crippen LogP contribution < -0.4 is 5.32 Å². The van der Waals surface area contributed by atoms with Gasteiger partial charge in [-0.3, -0.25) is 4.79 Å². The first-order chi connectivity index (χ1) is 6.64. The topological polar surface area (TPSA) is 47.6 Å². The van der Waals surface area contributed by atoms with Gasteiger partial charge in [0, 0.05) is 12.8 Å². The molecule has 4 nitrogen and oxygen atoms in total. The lowest BCUT2D eigenvalue weighted by atomic mass is 9.91. The van der Waals surface area contributed by atoms with Gasteiger partial charge < -0.3 is 14.8 Å². The van der Waals surface area contributed by atoms with Crippen molar-refractivity contribution < 1.29 is 14.3 Å². The number of hydrogen-bond donors (Lipinski definition) is 1. The number of hydrogen-bond acceptors (Lipinski definition) is 3. The molecule has 0 bridgehead atoms. The quantitative estimate of drug-likeness (QED) is 0.628. The molecule has 0 aromatic carbocycles. The average molecular weight is 197 g/mol. The Hall–Kier alpha value is -1.03. The molecule has 1 spiro atoms. The maximum atomic E-state index is 11.8. The van der Waals surface area contributed by atoms with Crippen molar-refractivity contribution in [2.75, 3.05) is 13.2 Å². The monoisotopic (exact) mass is 197 g/mol. The van der Waals surface area contributed by atoms with Crippen LogP contribution in [0.4, 0.5) is 0 Å². The second kappa shape index (κ2) is 3.28. The lowest BCUT2D eigenvalue weighted by Gasteiger charge is -2.39. The van der Waals surface area contributed by atoms with Gasteiger partial charge in [0.2, 0.25) is 0 Å². The normalized spacial score (nSPS) is 26.0. The third-order valence-corrected chi connectivity index (χ3v) is 2.89. The van der Waals surface area contributed by atoms with Crippen LogP contribution in [-0.2, 0) is 14.3 Å². The van der Waals surface area contributed by atoms with Gasteiger partial charge in [-0.25, -0.2) is 0 Å². The molecule has 78 valence electrons. The average Bonchev–Trinajstić information content (AvgIpc) is 2.17. The third kappa shape index (κ3) is 1.39. The zero-order valence-corrected chi connectivity index (χ0v) is 8.55. The van der Waals surface area contributed by atoms with Crippen molar-refractivity contribution in [3.05, 3.63) is 11.5 Å². The number of carbonyl (C=O) groups excluding carboxylic acids is 1. The highest BCUT2D eigenvalue weighted by Gasteiger charge is 2.45. The lowest BCUT2D eigenvalue weighted by molar-refractivity contribution is -0.155. The minimum Gasteiger partial charge on any atom is -0.480 e. The summed E-state index contributed by atoms with van der Waals surface area (Å²) in [7, 11) is 0. The minimum absolute atomic E-state index is 0.0242. The summed E-state index contributed by atoms with van der Waals surface area (Å²) in [6.07, 6.45) is 1.28. The fraction of sp³-hybridized carbons (Fsp3) is 0.700. The molecule has 2 aliphatic rings. The van der Waals surface area contributed by atoms with E-state index in [2.05, 4.69) is 5.32 Å². The highest BCUT2D eigenvalue weighted by Crippen LogP contribution is 2.31. The molecule has 2 heterocycles. The lowest BCUT2D eigenvalue weighted by Crippen LogP contribution is -2.54. The molecular weight excluding hydrogens is 182 g/mol. The van der Waals surface area contributed by atoms with Gasteiger partial charge in [0.1, 0.15) is 5.76 Å². The fourth-order valence-electron chi connectivity index (χ4n) is 1.82. The van der Waals surface area contributed by atoms with Gasteiger partial charge in [-0.05, 0) is 13.8 Å². The molecule has 1 N–H and O–H groups in total. The van der Waals surface area contributed by atoms with Crippen molar-refractivity contribution >= 4 is 5.91 Å². The predicted molar refractivity (Wildman–Crippen MR) is 50.4 cm³/mol. The van der Waals surface area contributed by atoms with Crippen LogP contribution in [0.15, 0.2) is 11.5 Å². The maximum Gasteiger partial charge on any atom is 0.268 e. The molecule has 0 aromatic heterocycles. The van der Waals surface area contributed by atoms with Crippen LogP contribution in [0.3, 0.4) is 0 Å². The molecule has 4 heteroatoms. The Bertz CT molecular complexity index is 290. The summed E-state index contributed by atoms with van der Waals surface area (Å²) in [5.41, 5.74) is 0.147. The predicted octanol–water partition coefficient (Wildman–Crippen LogP) is 0.933. The van der Waals surface area contributed by atoms with E-state index in [-0.39, 0.29) is 5.91 Å². The number of nitrogens with one attached hydrogen (secondary N) is 1. The van der Waals surface area contributed by atoms with E-state index in [9.17, 15) is 4.79 Å². The summed E-state index contributed by atoms with van der Waals surface area (Å²) in [4.78, 5) is 11.8. The Balaban J connectivity index is 2.24. The molecule has 0 radical (unpaired) electrons. The Kier molecular flexibility index (Phi) is 2.23. The molecular formula is C10H15NO3. The van der Waals surface area contributed by atoms with Crippen LogP contribution in [0.25, 0.3) is 0 Å². The number of rotatable bonds is 0. The van der Waals surface area contributed by atoms with Crippen molar-refractivity contribution in [2.24, 2.45) is 0 Å². The third-order valence-electron chi connectivity index (χ3n) is 2.89. The standard InChI is InChI=1S/C10H15NO3/c1-7-8(2)14-10(9(12)11-7)3-5-13-6-4-10/h3-6H2,1-2H3,(H,11,12). The van der Waals surface area contributed by atoms with Gasteiger partial charge >= 0.3 is 0 Å². The number of allylic oxidation sites excluding steroid dienone is 2. The van der Waals surface area contributed by atoms with E-state index in [1.165, 1.54) is 0 Å². The van der Waals surface area contributed by atoms with E-state index in [4.69, 9.17) is 9.47 Å². The molecule has 2 rings (SSSR count). The second-order valence-electron chi connectivity index (χ2n) is 3.84. The van der Waals surface area contributed by atoms with Gasteiger partial charge in [0.15, 0.2) is 5.60 Å². The van der Waals surface area contributed by atoms with Crippen molar-refractivity contribution in [3.8, 4) is 0 Å². The van der Waals surface area contributed by atoms with Crippen LogP contribution >= 0.6 is 0 Å². The maximum absolute atomic E-state index is 11.8. The molecule has 1 saturated heterocycles. The Morgan fingerprint density at radius 3 is 2.57 bits per heavy atom. The number of ether oxygens (including phenoxy) is 2. The largest absolute Gasteiger partial charge is 0.480 e. The second-order valence-corrected chi connectivity index (χ2v) is 3.84. The summed E-state index contributed by atoms with van der Waals surface area (Å²) in [6, 6.07) is 0. The zero-order chi connectivity index (χ0) is 10.2. The first-order valence-corrected chi connectivity index (χ1v) is 4.90. The highest BCUT2D eigenvalue weighted by molar-refractivity contribution is 5.87. The SMILES string of the molecule is CC1=C(C)OC2(CCOCC2)C(=O)N1. The molecule has 1 fully saturated rings. The van der Waals surface area contributed by atoms with Gasteiger partial charge in [0.25, 0.3) is 5.91 Å². The Morgan fingerprint density at radius 2 is 1.93 bits per heavy atom. The van der Waals surface area contributed by atoms with E-state index in [0.717, 1.165) is 11.5 Å². The van der Waals surface area contributed by atoms with E-state index >= 15 is 0 Å². The fourth-order valence-corrected chi connectivity index (χ4v) is 1.82. The Labute approximate surface area is 83.3 Å². The van der Waals surface area contributed by atoms with Crippen molar-refractivity contribution in [1.29, 1.82) is 0 Å². The summed E-state index contributed by atoms with van der Waals surface area (Å²) in [5, 5.41) is 2.85. The molecule has 2 aliphatic heterocycles. The Morgan fingerprint density at radius 1 is 1.29 bits per heavy atom. The first-order valence-electron chi connectivity index (χ1n) is 4.90. The van der Waals surface area contributed by atoms with E-state index < -0.39 is 5.60 Å². The summed E-state index contributed by atoms with van der Waals surface area (Å²) >= 11 is 0. The minimum atomic E-state index is -0.665. The van der Waals surface area contributed by atoms with Crippen molar-refractivity contribution in [1.82, 2.24) is 5.32 Å². The van der Waals surface area contributed by atoms with Gasteiger partial charge in [-0.1, -0.05) is 0 Å². The van der Waals surface area contributed by atoms with Crippen LogP contribution in [0, 0.1) is 0 Å². The van der Waals surface area contributed by atoms with Gasteiger partial charge in [0.05, 0.1) is 18.9 Å². The molecule has 14 heavy (non-hydrogen) atoms. The smallest absolute Gasteiger partial charge is 0.268 e. The van der Waals surface area contributed by atoms with Crippen molar-refractivity contribution in [2.45, 2.75) is 32.3 Å². The van der Waals surface area contributed by atoms with Crippen LogP contribution in [0.1, 0.15) is 26.7 Å². The van der Waals surface area contributed by atoms with Gasteiger partial charge in [-0.15, -0.1) is 0 Å². The molecule has 0 aromatic rings. The van der Waals surface area contributed by atoms with E-state index in [0.29, 0.717) is 26.1 Å². The summed E-state index contributed by atoms with van der Waals surface area (Å²) < 4.78 is 11.0. The zero-order valence-electron chi connectivity index (χ0n) is 8.55. The number of carbonyl (C=O) groups is 1. The summed E-state index contributed by atoms with van der Waals surface area (Å²) in [5.74, 6) is 0.787.